The molecule has 2 atom stereocenters. The predicted octanol–water partition coefficient (Wildman–Crippen LogP) is 6.21. The fourth-order valence-corrected chi connectivity index (χ4v) is 4.80. The maximum Gasteiger partial charge on any atom is 0.435 e. The first kappa shape index (κ1) is 27.3. The second-order valence-electron chi connectivity index (χ2n) is 9.19. The Bertz CT molecular complexity index is 1230. The first-order valence-corrected chi connectivity index (χ1v) is 11.7. The largest absolute Gasteiger partial charge is 0.435 e. The highest BCUT2D eigenvalue weighted by atomic mass is 35.5. The Morgan fingerprint density at radius 2 is 1.68 bits per heavy atom. The van der Waals surface area contributed by atoms with Crippen LogP contribution in [0.25, 0.3) is 0 Å². The minimum absolute atomic E-state index is 0.00105. The van der Waals surface area contributed by atoms with Crippen molar-refractivity contribution in [2.45, 2.75) is 57.4 Å². The van der Waals surface area contributed by atoms with Gasteiger partial charge in [-0.05, 0) is 41.3 Å². The molecule has 0 saturated heterocycles. The third-order valence-electron chi connectivity index (χ3n) is 6.21. The van der Waals surface area contributed by atoms with Crippen molar-refractivity contribution in [3.05, 3.63) is 62.9 Å². The maximum atomic E-state index is 14.2. The van der Waals surface area contributed by atoms with Crippen LogP contribution < -0.4 is 5.32 Å². The SMILES string of the molecule is CC(C)C(NC(=O)c1cc2c(cn1)CN(C1=NOC(c3cc(Cl)cc(Cl)c3)(C(F)(F)F)C1)C2)C(F)(F)F. The molecular formula is C23H20Cl2F6N4O2. The second-order valence-corrected chi connectivity index (χ2v) is 10.1. The number of nitrogens with zero attached hydrogens (tertiary/aromatic N) is 3. The minimum atomic E-state index is -4.86. The Balaban J connectivity index is 1.53. The van der Waals surface area contributed by atoms with Crippen LogP contribution in [0.5, 0.6) is 0 Å². The molecule has 0 bridgehead atoms. The Kier molecular flexibility index (Phi) is 7.04. The van der Waals surface area contributed by atoms with Crippen LogP contribution in [-0.4, -0.2) is 40.0 Å². The smallest absolute Gasteiger partial charge is 0.372 e. The van der Waals surface area contributed by atoms with E-state index in [0.717, 1.165) is 12.1 Å². The monoisotopic (exact) mass is 568 g/mol. The zero-order chi connectivity index (χ0) is 27.3. The van der Waals surface area contributed by atoms with Crippen molar-refractivity contribution in [3.63, 3.8) is 0 Å². The van der Waals surface area contributed by atoms with Crippen LogP contribution in [0.15, 0.2) is 35.6 Å². The number of fused-ring (bicyclic) bond motifs is 1. The highest BCUT2D eigenvalue weighted by molar-refractivity contribution is 6.34. The number of nitrogens with one attached hydrogen (secondary N) is 1. The number of hydrogen-bond donors (Lipinski definition) is 1. The van der Waals surface area contributed by atoms with Crippen molar-refractivity contribution in [2.24, 2.45) is 11.1 Å². The molecule has 4 rings (SSSR count). The van der Waals surface area contributed by atoms with Crippen LogP contribution in [0.1, 0.15) is 47.4 Å². The van der Waals surface area contributed by atoms with E-state index in [-0.39, 0.29) is 40.2 Å². The molecule has 1 amide bonds. The van der Waals surface area contributed by atoms with Crippen LogP contribution in [-0.2, 0) is 23.5 Å². The lowest BCUT2D eigenvalue weighted by Gasteiger charge is -2.30. The van der Waals surface area contributed by atoms with Crippen LogP contribution in [0.2, 0.25) is 10.0 Å². The predicted molar refractivity (Wildman–Crippen MR) is 123 cm³/mol. The van der Waals surface area contributed by atoms with Crippen LogP contribution >= 0.6 is 23.2 Å². The maximum absolute atomic E-state index is 14.2. The van der Waals surface area contributed by atoms with Crippen LogP contribution in [0.3, 0.4) is 0 Å². The summed E-state index contributed by atoms with van der Waals surface area (Å²) in [6.07, 6.45) is -8.86. The molecule has 6 nitrogen and oxygen atoms in total. The van der Waals surface area contributed by atoms with Gasteiger partial charge < -0.3 is 15.1 Å². The minimum Gasteiger partial charge on any atom is -0.372 e. The van der Waals surface area contributed by atoms with E-state index in [1.54, 1.807) is 0 Å². The van der Waals surface area contributed by atoms with Gasteiger partial charge in [0.1, 0.15) is 17.6 Å². The fourth-order valence-electron chi connectivity index (χ4n) is 4.28. The molecule has 0 spiro atoms. The molecule has 1 aromatic heterocycles. The van der Waals surface area contributed by atoms with Gasteiger partial charge >= 0.3 is 12.4 Å². The number of oxime groups is 1. The summed E-state index contributed by atoms with van der Waals surface area (Å²) in [5, 5.41) is 5.66. The molecular weight excluding hydrogens is 549 g/mol. The lowest BCUT2D eigenvalue weighted by Crippen LogP contribution is -2.48. The molecule has 2 unspecified atom stereocenters. The molecule has 14 heteroatoms. The van der Waals surface area contributed by atoms with Crippen molar-refractivity contribution in [2.75, 3.05) is 0 Å². The zero-order valence-corrected chi connectivity index (χ0v) is 20.9. The summed E-state index contributed by atoms with van der Waals surface area (Å²) in [6, 6.07) is 2.77. The highest BCUT2D eigenvalue weighted by Crippen LogP contribution is 2.49. The molecule has 2 aromatic rings. The average molecular weight is 569 g/mol. The molecule has 0 fully saturated rings. The van der Waals surface area contributed by atoms with Gasteiger partial charge in [-0.2, -0.15) is 26.3 Å². The number of hydrogen-bond acceptors (Lipinski definition) is 5. The number of amides is 1. The summed E-state index contributed by atoms with van der Waals surface area (Å²) in [4.78, 5) is 22.9. The van der Waals surface area contributed by atoms with Gasteiger partial charge in [0.25, 0.3) is 11.5 Å². The molecule has 200 valence electrons. The van der Waals surface area contributed by atoms with Gasteiger partial charge in [-0.1, -0.05) is 42.2 Å². The highest BCUT2D eigenvalue weighted by Gasteiger charge is 2.63. The van der Waals surface area contributed by atoms with Gasteiger partial charge in [0.15, 0.2) is 0 Å². The molecule has 0 aliphatic carbocycles. The number of aromatic nitrogens is 1. The van der Waals surface area contributed by atoms with E-state index < -0.39 is 42.2 Å². The van der Waals surface area contributed by atoms with E-state index in [1.165, 1.54) is 37.1 Å². The summed E-state index contributed by atoms with van der Waals surface area (Å²) in [5.74, 6) is -1.92. The quantitative estimate of drug-likeness (QED) is 0.445. The normalized spacial score (nSPS) is 20.5. The van der Waals surface area contributed by atoms with Crippen molar-refractivity contribution in [3.8, 4) is 0 Å². The Hall–Kier alpha value is -2.73. The number of pyridine rings is 1. The number of alkyl halides is 6. The number of benzene rings is 1. The third-order valence-corrected chi connectivity index (χ3v) is 6.65. The standard InChI is InChI=1S/C23H20Cl2F6N4O2/c1-11(2)19(22(26,27)28)33-20(36)17-3-12-9-35(10-13(12)8-32-17)18-7-21(37-34-18,23(29,30)31)14-4-15(24)6-16(25)5-14/h3-6,8,11,19H,7,9-10H2,1-2H3,(H,33,36). The van der Waals surface area contributed by atoms with Gasteiger partial charge in [-0.25, -0.2) is 0 Å². The number of amidine groups is 1. The average Bonchev–Trinajstić information content (AvgIpc) is 3.40. The first-order chi connectivity index (χ1) is 17.1. The Morgan fingerprint density at radius 3 is 2.24 bits per heavy atom. The van der Waals surface area contributed by atoms with E-state index in [4.69, 9.17) is 28.0 Å². The number of rotatable bonds is 4. The summed E-state index contributed by atoms with van der Waals surface area (Å²) in [7, 11) is 0. The molecule has 2 aliphatic heterocycles. The van der Waals surface area contributed by atoms with E-state index >= 15 is 0 Å². The molecule has 3 heterocycles. The summed E-state index contributed by atoms with van der Waals surface area (Å²) >= 11 is 11.8. The van der Waals surface area contributed by atoms with Crippen molar-refractivity contribution < 1.29 is 36.0 Å². The van der Waals surface area contributed by atoms with Gasteiger partial charge in [-0.3, -0.25) is 9.78 Å². The van der Waals surface area contributed by atoms with Crippen molar-refractivity contribution in [1.82, 2.24) is 15.2 Å². The van der Waals surface area contributed by atoms with Gasteiger partial charge in [0.05, 0.1) is 6.42 Å². The van der Waals surface area contributed by atoms with Gasteiger partial charge in [0, 0.05) is 34.9 Å². The number of carbonyl (C=O) groups excluding carboxylic acids is 1. The topological polar surface area (TPSA) is 66.8 Å². The molecule has 1 N–H and O–H groups in total. The lowest BCUT2D eigenvalue weighted by atomic mass is 9.89. The fraction of sp³-hybridized carbons (Fsp3) is 0.435. The van der Waals surface area contributed by atoms with Crippen molar-refractivity contribution in [1.29, 1.82) is 0 Å². The zero-order valence-electron chi connectivity index (χ0n) is 19.3. The van der Waals surface area contributed by atoms with Crippen LogP contribution in [0.4, 0.5) is 26.3 Å². The lowest BCUT2D eigenvalue weighted by molar-refractivity contribution is -0.275. The molecule has 0 radical (unpaired) electrons. The Labute approximate surface area is 217 Å². The van der Waals surface area contributed by atoms with Gasteiger partial charge in [0.2, 0.25) is 0 Å². The van der Waals surface area contributed by atoms with E-state index in [0.29, 0.717) is 11.1 Å². The Morgan fingerprint density at radius 1 is 1.05 bits per heavy atom. The first-order valence-electron chi connectivity index (χ1n) is 11.0. The number of halogens is 8. The molecule has 1 aromatic carbocycles. The number of carbonyl (C=O) groups is 1. The third kappa shape index (κ3) is 5.31. The van der Waals surface area contributed by atoms with Crippen molar-refractivity contribution >= 4 is 34.9 Å². The van der Waals surface area contributed by atoms with E-state index in [9.17, 15) is 31.1 Å². The summed E-state index contributed by atoms with van der Waals surface area (Å²) in [5.41, 5.74) is -2.24. The molecule has 0 saturated carbocycles. The molecule has 37 heavy (non-hydrogen) atoms. The van der Waals surface area contributed by atoms with E-state index in [1.807, 2.05) is 5.32 Å². The second kappa shape index (κ2) is 9.54. The molecule has 2 aliphatic rings. The van der Waals surface area contributed by atoms with Gasteiger partial charge in [-0.15, -0.1) is 0 Å². The van der Waals surface area contributed by atoms with Crippen LogP contribution in [0, 0.1) is 5.92 Å². The summed E-state index contributed by atoms with van der Waals surface area (Å²) < 4.78 is 82.4. The van der Waals surface area contributed by atoms with E-state index in [2.05, 4.69) is 10.1 Å². The summed E-state index contributed by atoms with van der Waals surface area (Å²) in [6.45, 7) is 2.83.